The predicted molar refractivity (Wildman–Crippen MR) is 70.6 cm³/mol. The molecule has 0 aliphatic carbocycles. The number of ether oxygens (including phenoxy) is 3. The lowest BCUT2D eigenvalue weighted by molar-refractivity contribution is 0.0452. The maximum absolute atomic E-state index is 11.5. The van der Waals surface area contributed by atoms with E-state index in [-0.39, 0.29) is 6.10 Å². The Morgan fingerprint density at radius 1 is 1.37 bits per heavy atom. The van der Waals surface area contributed by atoms with E-state index in [1.165, 1.54) is 0 Å². The van der Waals surface area contributed by atoms with Crippen LogP contribution in [0, 0.1) is 0 Å². The number of hydrogen-bond donors (Lipinski definition) is 1. The van der Waals surface area contributed by atoms with Gasteiger partial charge in [0.05, 0.1) is 6.54 Å². The van der Waals surface area contributed by atoms with E-state index < -0.39 is 11.7 Å². The highest BCUT2D eigenvalue weighted by Crippen LogP contribution is 2.30. The molecule has 1 heterocycles. The average molecular weight is 265 g/mol. The third-order valence-electron chi connectivity index (χ3n) is 2.44. The highest BCUT2D eigenvalue weighted by atomic mass is 16.6. The van der Waals surface area contributed by atoms with Crippen molar-refractivity contribution in [3.63, 3.8) is 0 Å². The maximum atomic E-state index is 11.5. The monoisotopic (exact) mass is 265 g/mol. The molecule has 0 fully saturated rings. The molecule has 1 aliphatic rings. The van der Waals surface area contributed by atoms with Crippen LogP contribution in [-0.4, -0.2) is 30.9 Å². The van der Waals surface area contributed by atoms with Crippen LogP contribution < -0.4 is 14.8 Å². The lowest BCUT2D eigenvalue weighted by Crippen LogP contribution is -2.42. The van der Waals surface area contributed by atoms with Gasteiger partial charge in [0.1, 0.15) is 12.2 Å². The molecular formula is C14H19NO4. The third-order valence-corrected chi connectivity index (χ3v) is 2.44. The Kier molecular flexibility index (Phi) is 3.83. The summed E-state index contributed by atoms with van der Waals surface area (Å²) in [5.41, 5.74) is -0.499. The van der Waals surface area contributed by atoms with E-state index in [1.807, 2.05) is 45.0 Å². The van der Waals surface area contributed by atoms with E-state index in [0.717, 1.165) is 5.75 Å². The second-order valence-corrected chi connectivity index (χ2v) is 5.38. The van der Waals surface area contributed by atoms with Crippen molar-refractivity contribution in [1.82, 2.24) is 5.32 Å². The van der Waals surface area contributed by atoms with E-state index in [1.54, 1.807) is 0 Å². The Bertz CT molecular complexity index is 453. The molecular weight excluding hydrogens is 246 g/mol. The first-order valence-corrected chi connectivity index (χ1v) is 6.29. The second kappa shape index (κ2) is 5.38. The van der Waals surface area contributed by atoms with Gasteiger partial charge in [-0.3, -0.25) is 0 Å². The summed E-state index contributed by atoms with van der Waals surface area (Å²) in [6.45, 7) is 6.23. The third kappa shape index (κ3) is 4.05. The summed E-state index contributed by atoms with van der Waals surface area (Å²) < 4.78 is 16.4. The van der Waals surface area contributed by atoms with E-state index in [9.17, 15) is 4.79 Å². The normalized spacial score (nSPS) is 17.7. The van der Waals surface area contributed by atoms with Crippen molar-refractivity contribution in [2.24, 2.45) is 0 Å². The topological polar surface area (TPSA) is 56.8 Å². The number of para-hydroxylation sites is 2. The summed E-state index contributed by atoms with van der Waals surface area (Å²) >= 11 is 0. The maximum Gasteiger partial charge on any atom is 0.407 e. The summed E-state index contributed by atoms with van der Waals surface area (Å²) in [5.74, 6) is 1.43. The second-order valence-electron chi connectivity index (χ2n) is 5.38. The molecule has 1 unspecified atom stereocenters. The van der Waals surface area contributed by atoms with E-state index in [4.69, 9.17) is 14.2 Å². The average Bonchev–Trinajstić information content (AvgIpc) is 2.34. The Balaban J connectivity index is 1.81. The molecule has 5 nitrogen and oxygen atoms in total. The smallest absolute Gasteiger partial charge is 0.407 e. The van der Waals surface area contributed by atoms with Crippen LogP contribution >= 0.6 is 0 Å². The van der Waals surface area contributed by atoms with Gasteiger partial charge < -0.3 is 19.5 Å². The van der Waals surface area contributed by atoms with Crippen LogP contribution in [0.25, 0.3) is 0 Å². The number of amides is 1. The molecule has 1 aliphatic heterocycles. The molecule has 1 atom stereocenters. The fourth-order valence-corrected chi connectivity index (χ4v) is 1.68. The summed E-state index contributed by atoms with van der Waals surface area (Å²) in [7, 11) is 0. The van der Waals surface area contributed by atoms with Crippen molar-refractivity contribution in [3.8, 4) is 11.5 Å². The first-order chi connectivity index (χ1) is 8.94. The SMILES string of the molecule is CC(C)(C)OC(=O)NCC1COc2ccccc2O1. The number of carbonyl (C=O) groups is 1. The number of rotatable bonds is 2. The van der Waals surface area contributed by atoms with Crippen LogP contribution in [-0.2, 0) is 4.74 Å². The van der Waals surface area contributed by atoms with Gasteiger partial charge in [0.2, 0.25) is 0 Å². The van der Waals surface area contributed by atoms with E-state index in [2.05, 4.69) is 5.32 Å². The van der Waals surface area contributed by atoms with Gasteiger partial charge in [-0.2, -0.15) is 0 Å². The Morgan fingerprint density at radius 3 is 2.74 bits per heavy atom. The highest BCUT2D eigenvalue weighted by molar-refractivity contribution is 5.67. The largest absolute Gasteiger partial charge is 0.486 e. The molecule has 0 bridgehead atoms. The van der Waals surface area contributed by atoms with E-state index >= 15 is 0 Å². The first-order valence-electron chi connectivity index (χ1n) is 6.29. The zero-order valence-electron chi connectivity index (χ0n) is 11.4. The van der Waals surface area contributed by atoms with Crippen molar-refractivity contribution in [2.45, 2.75) is 32.5 Å². The number of benzene rings is 1. The standard InChI is InChI=1S/C14H19NO4/c1-14(2,3)19-13(16)15-8-10-9-17-11-6-4-5-7-12(11)18-10/h4-7,10H,8-9H2,1-3H3,(H,15,16). The quantitative estimate of drug-likeness (QED) is 0.891. The van der Waals surface area contributed by atoms with Gasteiger partial charge in [-0.05, 0) is 32.9 Å². The fourth-order valence-electron chi connectivity index (χ4n) is 1.68. The first kappa shape index (κ1) is 13.5. The molecule has 1 amide bonds. The number of hydrogen-bond acceptors (Lipinski definition) is 4. The minimum Gasteiger partial charge on any atom is -0.486 e. The van der Waals surface area contributed by atoms with Crippen LogP contribution in [0.2, 0.25) is 0 Å². The summed E-state index contributed by atoms with van der Waals surface area (Å²) in [6, 6.07) is 7.47. The summed E-state index contributed by atoms with van der Waals surface area (Å²) in [6.07, 6.45) is -0.655. The Morgan fingerprint density at radius 2 is 2.05 bits per heavy atom. The van der Waals surface area contributed by atoms with Gasteiger partial charge in [0, 0.05) is 0 Å². The molecule has 5 heteroatoms. The van der Waals surface area contributed by atoms with Gasteiger partial charge in [-0.1, -0.05) is 12.1 Å². The number of alkyl carbamates (subject to hydrolysis) is 1. The highest BCUT2D eigenvalue weighted by Gasteiger charge is 2.22. The van der Waals surface area contributed by atoms with Gasteiger partial charge in [-0.15, -0.1) is 0 Å². The van der Waals surface area contributed by atoms with Crippen LogP contribution in [0.4, 0.5) is 4.79 Å². The molecule has 1 aromatic carbocycles. The van der Waals surface area contributed by atoms with Crippen molar-refractivity contribution < 1.29 is 19.0 Å². The molecule has 2 rings (SSSR count). The van der Waals surface area contributed by atoms with Crippen LogP contribution in [0.3, 0.4) is 0 Å². The predicted octanol–water partition coefficient (Wildman–Crippen LogP) is 2.35. The van der Waals surface area contributed by atoms with Crippen molar-refractivity contribution in [2.75, 3.05) is 13.2 Å². The lowest BCUT2D eigenvalue weighted by atomic mass is 10.2. The Labute approximate surface area is 112 Å². The number of nitrogens with one attached hydrogen (secondary N) is 1. The molecule has 19 heavy (non-hydrogen) atoms. The fraction of sp³-hybridized carbons (Fsp3) is 0.500. The van der Waals surface area contributed by atoms with Crippen LogP contribution in [0.5, 0.6) is 11.5 Å². The minimum atomic E-state index is -0.499. The minimum absolute atomic E-state index is 0.206. The summed E-state index contributed by atoms with van der Waals surface area (Å²) in [4.78, 5) is 11.5. The van der Waals surface area contributed by atoms with Crippen molar-refractivity contribution in [1.29, 1.82) is 0 Å². The molecule has 1 aromatic rings. The lowest BCUT2D eigenvalue weighted by Gasteiger charge is -2.27. The molecule has 0 saturated heterocycles. The zero-order valence-corrected chi connectivity index (χ0v) is 11.4. The Hall–Kier alpha value is -1.91. The van der Waals surface area contributed by atoms with Gasteiger partial charge >= 0.3 is 6.09 Å². The van der Waals surface area contributed by atoms with Crippen LogP contribution in [0.1, 0.15) is 20.8 Å². The zero-order chi connectivity index (χ0) is 13.9. The van der Waals surface area contributed by atoms with Crippen LogP contribution in [0.15, 0.2) is 24.3 Å². The van der Waals surface area contributed by atoms with Gasteiger partial charge in [-0.25, -0.2) is 4.79 Å². The van der Waals surface area contributed by atoms with Crippen molar-refractivity contribution in [3.05, 3.63) is 24.3 Å². The molecule has 0 spiro atoms. The number of carbonyl (C=O) groups excluding carboxylic acids is 1. The van der Waals surface area contributed by atoms with E-state index in [0.29, 0.717) is 18.9 Å². The van der Waals surface area contributed by atoms with Crippen molar-refractivity contribution >= 4 is 6.09 Å². The molecule has 0 saturated carbocycles. The number of fused-ring (bicyclic) bond motifs is 1. The molecule has 104 valence electrons. The molecule has 0 aromatic heterocycles. The van der Waals surface area contributed by atoms with Gasteiger partial charge in [0.15, 0.2) is 17.6 Å². The van der Waals surface area contributed by atoms with Gasteiger partial charge in [0.25, 0.3) is 0 Å². The molecule has 1 N–H and O–H groups in total. The molecule has 0 radical (unpaired) electrons. The summed E-state index contributed by atoms with van der Waals surface area (Å²) in [5, 5.41) is 2.67.